The van der Waals surface area contributed by atoms with E-state index in [1.807, 2.05) is 50.2 Å². The highest BCUT2D eigenvalue weighted by atomic mass is 19.4. The predicted molar refractivity (Wildman–Crippen MR) is 83.3 cm³/mol. The van der Waals surface area contributed by atoms with Crippen LogP contribution >= 0.6 is 0 Å². The molecule has 1 aliphatic heterocycles. The van der Waals surface area contributed by atoms with E-state index in [-0.39, 0.29) is 12.0 Å². The Morgan fingerprint density at radius 3 is 2.35 bits per heavy atom. The number of nitrogens with zero attached hydrogens (tertiary/aromatic N) is 2. The number of carbonyl (C=O) groups is 1. The molecule has 1 heterocycles. The molecule has 2 rings (SSSR count). The van der Waals surface area contributed by atoms with Crippen LogP contribution in [0.4, 0.5) is 13.2 Å². The number of aryl methyl sites for hydroxylation is 1. The van der Waals surface area contributed by atoms with Gasteiger partial charge in [-0.1, -0.05) is 29.8 Å². The first-order valence-corrected chi connectivity index (χ1v) is 7.75. The van der Waals surface area contributed by atoms with Crippen LogP contribution in [0.5, 0.6) is 0 Å². The summed E-state index contributed by atoms with van der Waals surface area (Å²) in [6, 6.07) is 8.25. The molecule has 1 aliphatic rings. The molecule has 1 saturated heterocycles. The third-order valence-electron chi connectivity index (χ3n) is 4.43. The molecule has 1 aromatic carbocycles. The normalized spacial score (nSPS) is 22.0. The lowest BCUT2D eigenvalue weighted by molar-refractivity contribution is -0.148. The Labute approximate surface area is 135 Å². The number of likely N-dealkylation sites (tertiary alicyclic amines) is 1. The van der Waals surface area contributed by atoms with E-state index in [1.54, 1.807) is 4.90 Å². The molecule has 2 atom stereocenters. The monoisotopic (exact) mass is 328 g/mol. The summed E-state index contributed by atoms with van der Waals surface area (Å²) in [5, 5.41) is 0. The second-order valence-electron chi connectivity index (χ2n) is 6.46. The van der Waals surface area contributed by atoms with E-state index < -0.39 is 24.9 Å². The van der Waals surface area contributed by atoms with Crippen LogP contribution in [0, 0.1) is 6.92 Å². The maximum Gasteiger partial charge on any atom is 0.389 e. The maximum absolute atomic E-state index is 12.3. The van der Waals surface area contributed by atoms with Gasteiger partial charge in [-0.15, -0.1) is 0 Å². The largest absolute Gasteiger partial charge is 0.389 e. The molecule has 0 aromatic heterocycles. The van der Waals surface area contributed by atoms with Gasteiger partial charge in [-0.2, -0.15) is 13.2 Å². The molecule has 0 N–H and O–H groups in total. The van der Waals surface area contributed by atoms with Gasteiger partial charge in [0.15, 0.2) is 0 Å². The van der Waals surface area contributed by atoms with Crippen molar-refractivity contribution in [3.8, 4) is 0 Å². The van der Waals surface area contributed by atoms with Crippen molar-refractivity contribution in [2.45, 2.75) is 37.9 Å². The van der Waals surface area contributed by atoms with Crippen LogP contribution in [-0.2, 0) is 4.79 Å². The summed E-state index contributed by atoms with van der Waals surface area (Å²) < 4.78 is 36.9. The number of hydrogen-bond donors (Lipinski definition) is 0. The Morgan fingerprint density at radius 2 is 1.83 bits per heavy atom. The smallest absolute Gasteiger partial charge is 0.340 e. The Morgan fingerprint density at radius 1 is 1.22 bits per heavy atom. The summed E-state index contributed by atoms with van der Waals surface area (Å²) >= 11 is 0. The van der Waals surface area contributed by atoms with Crippen molar-refractivity contribution in [2.24, 2.45) is 0 Å². The maximum atomic E-state index is 12.3. The average molecular weight is 328 g/mol. The first-order chi connectivity index (χ1) is 10.7. The number of alkyl halides is 3. The van der Waals surface area contributed by atoms with Gasteiger partial charge in [0, 0.05) is 31.5 Å². The van der Waals surface area contributed by atoms with Gasteiger partial charge in [-0.25, -0.2) is 0 Å². The second kappa shape index (κ2) is 6.91. The van der Waals surface area contributed by atoms with Gasteiger partial charge in [-0.05, 0) is 26.6 Å². The van der Waals surface area contributed by atoms with E-state index in [9.17, 15) is 18.0 Å². The fourth-order valence-electron chi connectivity index (χ4n) is 3.06. The molecule has 1 fully saturated rings. The molecule has 0 radical (unpaired) electrons. The minimum absolute atomic E-state index is 0.118. The van der Waals surface area contributed by atoms with Crippen molar-refractivity contribution >= 4 is 5.91 Å². The third kappa shape index (κ3) is 4.70. The minimum atomic E-state index is -4.29. The molecular weight excluding hydrogens is 305 g/mol. The lowest BCUT2D eigenvalue weighted by Gasteiger charge is -2.25. The molecule has 1 aromatic rings. The van der Waals surface area contributed by atoms with Crippen molar-refractivity contribution in [3.63, 3.8) is 0 Å². The van der Waals surface area contributed by atoms with Crippen LogP contribution in [0.2, 0.25) is 0 Å². The van der Waals surface area contributed by atoms with Gasteiger partial charge in [0.1, 0.15) is 0 Å². The number of likely N-dealkylation sites (N-methyl/N-ethyl adjacent to an activating group) is 1. The van der Waals surface area contributed by atoms with E-state index in [0.29, 0.717) is 13.1 Å². The number of carbonyl (C=O) groups excluding carboxylic acids is 1. The first-order valence-electron chi connectivity index (χ1n) is 7.75. The molecule has 6 heteroatoms. The molecule has 128 valence electrons. The molecule has 0 saturated carbocycles. The second-order valence-corrected chi connectivity index (χ2v) is 6.46. The van der Waals surface area contributed by atoms with Gasteiger partial charge in [0.05, 0.1) is 6.42 Å². The van der Waals surface area contributed by atoms with E-state index >= 15 is 0 Å². The van der Waals surface area contributed by atoms with Gasteiger partial charge in [0.25, 0.3) is 0 Å². The number of halogens is 3. The van der Waals surface area contributed by atoms with Gasteiger partial charge < -0.3 is 9.80 Å². The molecule has 0 bridgehead atoms. The predicted octanol–water partition coefficient (Wildman–Crippen LogP) is 3.19. The number of hydrogen-bond acceptors (Lipinski definition) is 2. The van der Waals surface area contributed by atoms with Crippen LogP contribution < -0.4 is 0 Å². The Bertz CT molecular complexity index is 540. The Hall–Kier alpha value is -1.56. The van der Waals surface area contributed by atoms with Crippen LogP contribution in [0.25, 0.3) is 0 Å². The highest BCUT2D eigenvalue weighted by Crippen LogP contribution is 2.31. The topological polar surface area (TPSA) is 23.6 Å². The Balaban J connectivity index is 2.08. The zero-order valence-electron chi connectivity index (χ0n) is 13.7. The quantitative estimate of drug-likeness (QED) is 0.847. The first kappa shape index (κ1) is 17.8. The van der Waals surface area contributed by atoms with E-state index in [2.05, 4.69) is 0 Å². The lowest BCUT2D eigenvalue weighted by Crippen LogP contribution is -2.36. The highest BCUT2D eigenvalue weighted by Gasteiger charge is 2.38. The fourth-order valence-corrected chi connectivity index (χ4v) is 3.06. The summed E-state index contributed by atoms with van der Waals surface area (Å²) in [4.78, 5) is 15.7. The van der Waals surface area contributed by atoms with Gasteiger partial charge in [-0.3, -0.25) is 4.79 Å². The van der Waals surface area contributed by atoms with Crippen LogP contribution in [0.15, 0.2) is 24.3 Å². The average Bonchev–Trinajstić information content (AvgIpc) is 2.90. The SMILES string of the molecule is Cc1ccc([C@@H]2CN(C(=O)CCC(F)(F)F)C[C@H]2N(C)C)cc1. The third-order valence-corrected chi connectivity index (χ3v) is 4.43. The summed E-state index contributed by atoms with van der Waals surface area (Å²) in [6.45, 7) is 2.96. The van der Waals surface area contributed by atoms with Crippen LogP contribution in [0.1, 0.15) is 29.9 Å². The number of amides is 1. The van der Waals surface area contributed by atoms with Crippen LogP contribution in [-0.4, -0.2) is 55.1 Å². The van der Waals surface area contributed by atoms with Crippen LogP contribution in [0.3, 0.4) is 0 Å². The summed E-state index contributed by atoms with van der Waals surface area (Å²) in [6.07, 6.45) is -5.80. The highest BCUT2D eigenvalue weighted by molar-refractivity contribution is 5.76. The molecule has 0 aliphatic carbocycles. The molecular formula is C17H23F3N2O. The molecule has 0 unspecified atom stereocenters. The standard InChI is InChI=1S/C17H23F3N2O/c1-12-4-6-13(7-5-12)14-10-22(11-15(14)21(2)3)16(23)8-9-17(18,19)20/h4-7,14-15H,8-11H2,1-3H3/t14-,15+/m0/s1. The summed E-state index contributed by atoms with van der Waals surface area (Å²) in [7, 11) is 3.88. The zero-order valence-corrected chi connectivity index (χ0v) is 13.7. The summed E-state index contributed by atoms with van der Waals surface area (Å²) in [5.74, 6) is -0.288. The van der Waals surface area contributed by atoms with Crippen molar-refractivity contribution in [1.29, 1.82) is 0 Å². The molecule has 3 nitrogen and oxygen atoms in total. The molecule has 1 amide bonds. The summed E-state index contributed by atoms with van der Waals surface area (Å²) in [5.41, 5.74) is 2.28. The van der Waals surface area contributed by atoms with Crippen molar-refractivity contribution in [1.82, 2.24) is 9.80 Å². The fraction of sp³-hybridized carbons (Fsp3) is 0.588. The van der Waals surface area contributed by atoms with E-state index in [4.69, 9.17) is 0 Å². The van der Waals surface area contributed by atoms with Gasteiger partial charge >= 0.3 is 6.18 Å². The van der Waals surface area contributed by atoms with Gasteiger partial charge in [0.2, 0.25) is 5.91 Å². The van der Waals surface area contributed by atoms with Crippen molar-refractivity contribution in [2.75, 3.05) is 27.2 Å². The molecule has 23 heavy (non-hydrogen) atoms. The van der Waals surface area contributed by atoms with E-state index in [1.165, 1.54) is 0 Å². The van der Waals surface area contributed by atoms with Crippen molar-refractivity contribution in [3.05, 3.63) is 35.4 Å². The number of benzene rings is 1. The van der Waals surface area contributed by atoms with E-state index in [0.717, 1.165) is 11.1 Å². The number of rotatable bonds is 4. The lowest BCUT2D eigenvalue weighted by atomic mass is 9.93. The minimum Gasteiger partial charge on any atom is -0.340 e. The Kier molecular flexibility index (Phi) is 5.34. The molecule has 0 spiro atoms. The van der Waals surface area contributed by atoms with Crippen molar-refractivity contribution < 1.29 is 18.0 Å². The zero-order chi connectivity index (χ0) is 17.2.